The zero-order valence-electron chi connectivity index (χ0n) is 24.1. The number of hydrogen-bond donors (Lipinski definition) is 2. The maximum absolute atomic E-state index is 16.6. The van der Waals surface area contributed by atoms with Crippen molar-refractivity contribution in [1.82, 2.24) is 14.9 Å². The van der Waals surface area contributed by atoms with Crippen molar-refractivity contribution < 1.29 is 37.2 Å². The van der Waals surface area contributed by atoms with E-state index in [-0.39, 0.29) is 65.5 Å². The average molecular weight is 613 g/mol. The van der Waals surface area contributed by atoms with Crippen LogP contribution in [0.25, 0.3) is 32.8 Å². The highest BCUT2D eigenvalue weighted by atomic mass is 19.2. The van der Waals surface area contributed by atoms with Crippen LogP contribution in [0.5, 0.6) is 11.8 Å². The number of fused-ring (bicyclic) bond motifs is 3. The average Bonchev–Trinajstić information content (AvgIpc) is 3.43. The summed E-state index contributed by atoms with van der Waals surface area (Å²) < 4.78 is 72.1. The number of benzene rings is 3. The molecule has 44 heavy (non-hydrogen) atoms. The van der Waals surface area contributed by atoms with Crippen LogP contribution in [0.2, 0.25) is 0 Å². The van der Waals surface area contributed by atoms with E-state index in [1.54, 1.807) is 17.9 Å². The van der Waals surface area contributed by atoms with Crippen LogP contribution in [0.1, 0.15) is 26.2 Å². The molecule has 4 aromatic rings. The van der Waals surface area contributed by atoms with Crippen molar-refractivity contribution in [3.05, 3.63) is 53.8 Å². The number of anilines is 1. The molecule has 0 spiro atoms. The number of alkyl halides is 1. The molecule has 3 aromatic carbocycles. The number of β-amino-alcohol motifs (C(OH)–C–C–N with tert-alkyl or cyclic N) is 1. The molecule has 0 aliphatic carbocycles. The Labute approximate surface area is 250 Å². The summed E-state index contributed by atoms with van der Waals surface area (Å²) in [4.78, 5) is 13.0. The Hall–Kier alpha value is -3.74. The third-order valence-electron chi connectivity index (χ3n) is 9.03. The van der Waals surface area contributed by atoms with Gasteiger partial charge in [0, 0.05) is 35.8 Å². The van der Waals surface area contributed by atoms with Gasteiger partial charge < -0.3 is 24.6 Å². The van der Waals surface area contributed by atoms with Crippen molar-refractivity contribution in [2.24, 2.45) is 0 Å². The molecule has 232 valence electrons. The van der Waals surface area contributed by atoms with Gasteiger partial charge >= 0.3 is 6.01 Å². The van der Waals surface area contributed by atoms with E-state index < -0.39 is 34.8 Å². The van der Waals surface area contributed by atoms with Gasteiger partial charge in [-0.3, -0.25) is 4.90 Å². The van der Waals surface area contributed by atoms with E-state index in [4.69, 9.17) is 9.47 Å². The molecule has 4 heterocycles. The molecule has 3 aliphatic heterocycles. The number of hydrogen-bond acceptors (Lipinski definition) is 8. The number of ether oxygens (including phenoxy) is 2. The summed E-state index contributed by atoms with van der Waals surface area (Å²) in [5.41, 5.74) is -2.03. The standard InChI is InChI=1S/C32H32F4N4O4/c1-31(42)15-39(9-10-43-16-31)29-22-5-4-21(23-12-20(41)11-18-3-6-24(34)27(36)25(18)23)26(35)28(22)37-30(38-29)44-17-32-7-2-8-40(32)14-19(33)13-32/h3-6,11-12,19,41-42H,2,7-10,13-17H2,1H3/t19-,31+,32+/m1/s1. The van der Waals surface area contributed by atoms with E-state index >= 15 is 8.78 Å². The lowest BCUT2D eigenvalue weighted by Crippen LogP contribution is -2.44. The Balaban J connectivity index is 1.38. The fraction of sp³-hybridized carbons (Fsp3) is 0.438. The van der Waals surface area contributed by atoms with Gasteiger partial charge in [-0.15, -0.1) is 0 Å². The van der Waals surface area contributed by atoms with E-state index in [0.717, 1.165) is 25.5 Å². The van der Waals surface area contributed by atoms with Crippen molar-refractivity contribution in [2.75, 3.05) is 50.9 Å². The second-order valence-corrected chi connectivity index (χ2v) is 12.4. The molecule has 3 fully saturated rings. The van der Waals surface area contributed by atoms with Crippen molar-refractivity contribution in [3.8, 4) is 22.9 Å². The fourth-order valence-electron chi connectivity index (χ4n) is 7.06. The lowest BCUT2D eigenvalue weighted by atomic mass is 9.95. The lowest BCUT2D eigenvalue weighted by molar-refractivity contribution is -0.0123. The number of halogens is 4. The fourth-order valence-corrected chi connectivity index (χ4v) is 7.06. The molecule has 7 rings (SSSR count). The summed E-state index contributed by atoms with van der Waals surface area (Å²) in [6.45, 7) is 3.71. The number of phenolic OH excluding ortho intramolecular Hbond substituents is 1. The van der Waals surface area contributed by atoms with Gasteiger partial charge in [0.05, 0.1) is 25.3 Å². The Morgan fingerprint density at radius 3 is 2.75 bits per heavy atom. The summed E-state index contributed by atoms with van der Waals surface area (Å²) in [5, 5.41) is 21.6. The summed E-state index contributed by atoms with van der Waals surface area (Å²) in [7, 11) is 0. The van der Waals surface area contributed by atoms with Crippen molar-refractivity contribution in [1.29, 1.82) is 0 Å². The first-order chi connectivity index (χ1) is 21.0. The highest BCUT2D eigenvalue weighted by molar-refractivity contribution is 6.01. The highest BCUT2D eigenvalue weighted by Gasteiger charge is 2.49. The third kappa shape index (κ3) is 4.98. The number of aromatic nitrogens is 2. The quantitative estimate of drug-likeness (QED) is 0.301. The predicted molar refractivity (Wildman–Crippen MR) is 156 cm³/mol. The first-order valence-corrected chi connectivity index (χ1v) is 14.7. The number of nitrogens with zero attached hydrogens (tertiary/aromatic N) is 4. The molecule has 0 bridgehead atoms. The van der Waals surface area contributed by atoms with Gasteiger partial charge in [-0.05, 0) is 61.5 Å². The summed E-state index contributed by atoms with van der Waals surface area (Å²) in [5.74, 6) is -3.08. The molecule has 2 N–H and O–H groups in total. The number of aliphatic hydroxyl groups is 1. The van der Waals surface area contributed by atoms with Gasteiger partial charge in [0.25, 0.3) is 0 Å². The van der Waals surface area contributed by atoms with E-state index in [0.29, 0.717) is 30.7 Å². The monoisotopic (exact) mass is 612 g/mol. The number of phenols is 1. The topological polar surface area (TPSA) is 91.2 Å². The maximum atomic E-state index is 16.6. The molecule has 3 saturated heterocycles. The minimum Gasteiger partial charge on any atom is -0.508 e. The SMILES string of the molecule is C[C@@]1(O)COCCN(c2nc(OC[C@@]34CCCN3C[C@H](F)C4)nc3c(F)c(-c4cc(O)cc5ccc(F)c(F)c45)ccc23)C1. The normalized spacial score (nSPS) is 26.0. The van der Waals surface area contributed by atoms with Gasteiger partial charge in [-0.2, -0.15) is 9.97 Å². The minimum absolute atomic E-state index is 0.0504. The summed E-state index contributed by atoms with van der Waals surface area (Å²) >= 11 is 0. The molecule has 1 aromatic heterocycles. The Morgan fingerprint density at radius 1 is 1.07 bits per heavy atom. The van der Waals surface area contributed by atoms with Crippen LogP contribution in [0, 0.1) is 17.5 Å². The first-order valence-electron chi connectivity index (χ1n) is 14.7. The molecule has 0 amide bonds. The highest BCUT2D eigenvalue weighted by Crippen LogP contribution is 2.42. The molecule has 0 saturated carbocycles. The third-order valence-corrected chi connectivity index (χ3v) is 9.03. The molecule has 3 aliphatic rings. The van der Waals surface area contributed by atoms with Crippen LogP contribution in [0.3, 0.4) is 0 Å². The number of aromatic hydroxyl groups is 1. The molecule has 0 radical (unpaired) electrons. The molecule has 3 atom stereocenters. The molecule has 0 unspecified atom stereocenters. The van der Waals surface area contributed by atoms with Crippen LogP contribution >= 0.6 is 0 Å². The van der Waals surface area contributed by atoms with Crippen molar-refractivity contribution >= 4 is 27.5 Å². The first kappa shape index (κ1) is 29.0. The Bertz CT molecular complexity index is 1770. The second-order valence-electron chi connectivity index (χ2n) is 12.4. The van der Waals surface area contributed by atoms with Gasteiger partial charge in [0.15, 0.2) is 17.5 Å². The van der Waals surface area contributed by atoms with Crippen LogP contribution in [0.4, 0.5) is 23.4 Å². The summed E-state index contributed by atoms with van der Waals surface area (Å²) in [6, 6.07) is 7.56. The maximum Gasteiger partial charge on any atom is 0.319 e. The van der Waals surface area contributed by atoms with Crippen molar-refractivity contribution in [3.63, 3.8) is 0 Å². The molecular weight excluding hydrogens is 580 g/mol. The van der Waals surface area contributed by atoms with E-state index in [9.17, 15) is 19.0 Å². The molecule has 8 nitrogen and oxygen atoms in total. The Morgan fingerprint density at radius 2 is 1.91 bits per heavy atom. The molecular formula is C32H32F4N4O4. The van der Waals surface area contributed by atoms with Crippen LogP contribution in [-0.2, 0) is 4.74 Å². The van der Waals surface area contributed by atoms with Crippen LogP contribution < -0.4 is 9.64 Å². The summed E-state index contributed by atoms with van der Waals surface area (Å²) in [6.07, 6.45) is 1.03. The van der Waals surface area contributed by atoms with Crippen molar-refractivity contribution in [2.45, 2.75) is 43.5 Å². The second kappa shape index (κ2) is 10.7. The van der Waals surface area contributed by atoms with E-state index in [2.05, 4.69) is 14.9 Å². The molecule has 12 heteroatoms. The van der Waals surface area contributed by atoms with Gasteiger partial charge in [-0.1, -0.05) is 12.1 Å². The largest absolute Gasteiger partial charge is 0.508 e. The van der Waals surface area contributed by atoms with E-state index in [1.807, 2.05) is 0 Å². The Kier molecular flexibility index (Phi) is 7.06. The van der Waals surface area contributed by atoms with Crippen LogP contribution in [-0.4, -0.2) is 88.4 Å². The number of rotatable bonds is 5. The predicted octanol–water partition coefficient (Wildman–Crippen LogP) is 5.12. The zero-order valence-corrected chi connectivity index (χ0v) is 24.1. The van der Waals surface area contributed by atoms with Gasteiger partial charge in [0.2, 0.25) is 0 Å². The minimum atomic E-state index is -1.22. The van der Waals surface area contributed by atoms with Gasteiger partial charge in [-0.25, -0.2) is 17.6 Å². The lowest BCUT2D eigenvalue weighted by Gasteiger charge is -2.31. The van der Waals surface area contributed by atoms with E-state index in [1.165, 1.54) is 24.3 Å². The van der Waals surface area contributed by atoms with Gasteiger partial charge in [0.1, 0.15) is 35.5 Å². The zero-order chi connectivity index (χ0) is 30.8. The smallest absolute Gasteiger partial charge is 0.319 e. The van der Waals surface area contributed by atoms with Crippen LogP contribution in [0.15, 0.2) is 36.4 Å².